The number of pyridine rings is 1. The van der Waals surface area contributed by atoms with Gasteiger partial charge < -0.3 is 38.5 Å². The number of aromatic nitrogens is 1. The van der Waals surface area contributed by atoms with E-state index in [-0.39, 0.29) is 24.0 Å². The largest absolute Gasteiger partial charge is 0.493 e. The Balaban J connectivity index is 1.43. The van der Waals surface area contributed by atoms with E-state index in [0.717, 1.165) is 5.82 Å². The average Bonchev–Trinajstić information content (AvgIpc) is 3.42. The van der Waals surface area contributed by atoms with E-state index in [0.29, 0.717) is 42.9 Å². The summed E-state index contributed by atoms with van der Waals surface area (Å²) in [4.78, 5) is 31.3. The van der Waals surface area contributed by atoms with E-state index in [9.17, 15) is 9.59 Å². The van der Waals surface area contributed by atoms with Crippen LogP contribution >= 0.6 is 0 Å². The SMILES string of the molecule is COCOc1cc(OCCCNc2ccccn2)cc2c1C(=O)OC(C)[C@H](C)/C=C\C(OC(=O)c1ccccc1)[C@H]1OC(C)(C)O[C@H]1C/C=C/2. The first-order chi connectivity index (χ1) is 24.1. The van der Waals surface area contributed by atoms with E-state index < -0.39 is 42.1 Å². The van der Waals surface area contributed by atoms with Gasteiger partial charge in [-0.1, -0.05) is 49.4 Å². The number of hydrogen-bond acceptors (Lipinski definition) is 11. The van der Waals surface area contributed by atoms with Gasteiger partial charge in [0.1, 0.15) is 41.2 Å². The number of fused-ring (bicyclic) bond motifs is 2. The lowest BCUT2D eigenvalue weighted by Gasteiger charge is -2.25. The number of benzene rings is 2. The zero-order valence-corrected chi connectivity index (χ0v) is 29.2. The van der Waals surface area contributed by atoms with E-state index in [1.807, 2.05) is 70.2 Å². The summed E-state index contributed by atoms with van der Waals surface area (Å²) in [7, 11) is 1.51. The van der Waals surface area contributed by atoms with Gasteiger partial charge in [0.05, 0.1) is 18.3 Å². The first kappa shape index (κ1) is 36.6. The first-order valence-corrected chi connectivity index (χ1v) is 16.9. The van der Waals surface area contributed by atoms with Gasteiger partial charge in [-0.2, -0.15) is 0 Å². The van der Waals surface area contributed by atoms with Gasteiger partial charge in [-0.15, -0.1) is 0 Å². The van der Waals surface area contributed by atoms with Crippen molar-refractivity contribution in [3.8, 4) is 11.5 Å². The highest BCUT2D eigenvalue weighted by molar-refractivity contribution is 5.97. The third kappa shape index (κ3) is 9.93. The third-order valence-corrected chi connectivity index (χ3v) is 8.30. The number of ether oxygens (including phenoxy) is 7. The molecular weight excluding hydrogens is 640 g/mol. The van der Waals surface area contributed by atoms with Gasteiger partial charge >= 0.3 is 11.9 Å². The Labute approximate surface area is 293 Å². The number of nitrogens with zero attached hydrogens (tertiary/aromatic N) is 1. The molecule has 2 aliphatic rings. The van der Waals surface area contributed by atoms with Gasteiger partial charge in [0.25, 0.3) is 0 Å². The minimum Gasteiger partial charge on any atom is -0.493 e. The maximum Gasteiger partial charge on any atom is 0.342 e. The van der Waals surface area contributed by atoms with Crippen molar-refractivity contribution in [2.45, 2.75) is 70.7 Å². The lowest BCUT2D eigenvalue weighted by molar-refractivity contribution is -0.152. The molecule has 1 saturated heterocycles. The number of methoxy groups -OCH3 is 1. The second kappa shape index (κ2) is 17.3. The molecule has 5 atom stereocenters. The number of carbonyl (C=O) groups excluding carboxylic acids is 2. The molecule has 0 saturated carbocycles. The van der Waals surface area contributed by atoms with Crippen LogP contribution in [0.3, 0.4) is 0 Å². The molecule has 0 aliphatic carbocycles. The van der Waals surface area contributed by atoms with Crippen LogP contribution in [-0.2, 0) is 23.7 Å². The molecule has 1 aromatic heterocycles. The fourth-order valence-electron chi connectivity index (χ4n) is 5.64. The highest BCUT2D eigenvalue weighted by Crippen LogP contribution is 2.36. The van der Waals surface area contributed by atoms with Crippen molar-refractivity contribution in [2.75, 3.05) is 32.4 Å². The topological polar surface area (TPSA) is 124 Å². The minimum atomic E-state index is -0.925. The summed E-state index contributed by atoms with van der Waals surface area (Å²) in [5.41, 5.74) is 1.22. The van der Waals surface area contributed by atoms with E-state index in [1.165, 1.54) is 7.11 Å². The van der Waals surface area contributed by atoms with Crippen LogP contribution in [-0.4, -0.2) is 74.2 Å². The molecule has 0 bridgehead atoms. The van der Waals surface area contributed by atoms with Crippen LogP contribution in [0.4, 0.5) is 5.82 Å². The van der Waals surface area contributed by atoms with Crippen LogP contribution in [0.2, 0.25) is 0 Å². The summed E-state index contributed by atoms with van der Waals surface area (Å²) in [5, 5.41) is 3.27. The summed E-state index contributed by atoms with van der Waals surface area (Å²) < 4.78 is 41.9. The predicted octanol–water partition coefficient (Wildman–Crippen LogP) is 6.85. The van der Waals surface area contributed by atoms with Crippen LogP contribution in [0.25, 0.3) is 6.08 Å². The minimum absolute atomic E-state index is 0.0807. The molecular formula is C39H46N2O9. The zero-order chi connectivity index (χ0) is 35.5. The predicted molar refractivity (Wildman–Crippen MR) is 188 cm³/mol. The van der Waals surface area contributed by atoms with Gasteiger partial charge in [0.2, 0.25) is 0 Å². The van der Waals surface area contributed by atoms with Crippen LogP contribution in [0.1, 0.15) is 66.8 Å². The molecule has 5 rings (SSSR count). The second-order valence-corrected chi connectivity index (χ2v) is 12.6. The second-order valence-electron chi connectivity index (χ2n) is 12.6. The molecule has 266 valence electrons. The monoisotopic (exact) mass is 686 g/mol. The number of esters is 2. The smallest absolute Gasteiger partial charge is 0.342 e. The normalized spacial score (nSPS) is 24.4. The molecule has 1 N–H and O–H groups in total. The molecule has 0 radical (unpaired) electrons. The molecule has 3 aromatic rings. The van der Waals surface area contributed by atoms with Crippen molar-refractivity contribution in [3.05, 3.63) is 102 Å². The number of nitrogens with one attached hydrogen (secondary N) is 1. The molecule has 11 nitrogen and oxygen atoms in total. The van der Waals surface area contributed by atoms with Gasteiger partial charge in [0.15, 0.2) is 12.6 Å². The Morgan fingerprint density at radius 2 is 1.82 bits per heavy atom. The molecule has 3 heterocycles. The van der Waals surface area contributed by atoms with Crippen LogP contribution < -0.4 is 14.8 Å². The Morgan fingerprint density at radius 1 is 1.02 bits per heavy atom. The fraction of sp³-hybridized carbons (Fsp3) is 0.410. The van der Waals surface area contributed by atoms with Crippen LogP contribution in [0.15, 0.2) is 85.1 Å². The number of carbonyl (C=O) groups is 2. The highest BCUT2D eigenvalue weighted by atomic mass is 16.8. The summed E-state index contributed by atoms with van der Waals surface area (Å²) in [6, 6.07) is 18.0. The molecule has 50 heavy (non-hydrogen) atoms. The van der Waals surface area contributed by atoms with Crippen molar-refractivity contribution in [1.82, 2.24) is 4.98 Å². The highest BCUT2D eigenvalue weighted by Gasteiger charge is 2.45. The van der Waals surface area contributed by atoms with E-state index >= 15 is 0 Å². The first-order valence-electron chi connectivity index (χ1n) is 16.9. The summed E-state index contributed by atoms with van der Waals surface area (Å²) in [5.74, 6) is -0.630. The Bertz CT molecular complexity index is 1630. The lowest BCUT2D eigenvalue weighted by atomic mass is 9.98. The van der Waals surface area contributed by atoms with Crippen LogP contribution in [0.5, 0.6) is 11.5 Å². The molecule has 1 fully saturated rings. The van der Waals surface area contributed by atoms with Crippen molar-refractivity contribution in [1.29, 1.82) is 0 Å². The van der Waals surface area contributed by atoms with Crippen LogP contribution in [0, 0.1) is 5.92 Å². The van der Waals surface area contributed by atoms with Gasteiger partial charge in [-0.25, -0.2) is 14.6 Å². The molecule has 2 unspecified atom stereocenters. The third-order valence-electron chi connectivity index (χ3n) is 8.30. The molecule has 2 aromatic carbocycles. The van der Waals surface area contributed by atoms with Gasteiger partial charge in [-0.3, -0.25) is 0 Å². The Hall–Kier alpha value is -4.71. The standard InChI is InChI=1S/C39H46N2O9/c1-26-18-19-31(48-37(42)28-13-7-6-8-14-28)36-32(49-39(3,4)50-36)16-11-15-29-23-30(45-22-12-21-41-34-17-9-10-20-40-34)24-33(46-25-44-5)35(29)38(43)47-27(26)2/h6-11,13-15,17-20,23-24,26-27,31-32,36H,12,16,21-22,25H2,1-5H3,(H,40,41)/b15-11+,19-18-/t26-,27?,31?,32+,36-/m1/s1. The Kier molecular flexibility index (Phi) is 12.6. The number of rotatable bonds is 11. The molecule has 0 spiro atoms. The average molecular weight is 687 g/mol. The van der Waals surface area contributed by atoms with Gasteiger partial charge in [0, 0.05) is 31.8 Å². The summed E-state index contributed by atoms with van der Waals surface area (Å²) >= 11 is 0. The lowest BCUT2D eigenvalue weighted by Crippen LogP contribution is -2.37. The molecule has 11 heteroatoms. The van der Waals surface area contributed by atoms with E-state index in [4.69, 9.17) is 33.2 Å². The van der Waals surface area contributed by atoms with E-state index in [1.54, 1.807) is 48.7 Å². The summed E-state index contributed by atoms with van der Waals surface area (Å²) in [6.07, 6.45) is 7.81. The van der Waals surface area contributed by atoms with Crippen molar-refractivity contribution in [2.24, 2.45) is 5.92 Å². The van der Waals surface area contributed by atoms with Crippen molar-refractivity contribution < 1.29 is 42.7 Å². The van der Waals surface area contributed by atoms with Gasteiger partial charge in [-0.05, 0) is 75.6 Å². The van der Waals surface area contributed by atoms with Crippen molar-refractivity contribution in [3.63, 3.8) is 0 Å². The number of anilines is 1. The molecule has 2 aliphatic heterocycles. The summed E-state index contributed by atoms with van der Waals surface area (Å²) in [6.45, 7) is 8.39. The zero-order valence-electron chi connectivity index (χ0n) is 29.2. The van der Waals surface area contributed by atoms with E-state index in [2.05, 4.69) is 10.3 Å². The fourth-order valence-corrected chi connectivity index (χ4v) is 5.64. The molecule has 0 amide bonds. The number of hydrogen-bond donors (Lipinski definition) is 1. The maximum absolute atomic E-state index is 13.8. The maximum atomic E-state index is 13.8. The quantitative estimate of drug-likeness (QED) is 0.0987. The number of cyclic esters (lactones) is 1. The van der Waals surface area contributed by atoms with Crippen molar-refractivity contribution >= 4 is 23.8 Å². The Morgan fingerprint density at radius 3 is 2.58 bits per heavy atom.